The van der Waals surface area contributed by atoms with Crippen LogP contribution in [0.1, 0.15) is 13.3 Å². The first-order valence-electron chi connectivity index (χ1n) is 5.61. The van der Waals surface area contributed by atoms with Crippen LogP contribution in [0.3, 0.4) is 0 Å². The monoisotopic (exact) mass is 256 g/mol. The fourth-order valence-corrected chi connectivity index (χ4v) is 1.55. The van der Waals surface area contributed by atoms with Crippen LogP contribution in [-0.4, -0.2) is 53.7 Å². The van der Waals surface area contributed by atoms with Crippen LogP contribution < -0.4 is 5.32 Å². The number of aliphatic carboxylic acids is 1. The lowest BCUT2D eigenvalue weighted by molar-refractivity contribution is -0.131. The van der Waals surface area contributed by atoms with Crippen molar-refractivity contribution < 1.29 is 24.2 Å². The fraction of sp³-hybridized carbons (Fsp3) is 0.545. The van der Waals surface area contributed by atoms with Crippen LogP contribution in [0, 0.1) is 0 Å². The summed E-state index contributed by atoms with van der Waals surface area (Å²) in [5.41, 5.74) is 0. The van der Waals surface area contributed by atoms with Gasteiger partial charge in [0.1, 0.15) is 0 Å². The van der Waals surface area contributed by atoms with Gasteiger partial charge in [-0.05, 0) is 13.3 Å². The first-order chi connectivity index (χ1) is 8.49. The van der Waals surface area contributed by atoms with Crippen molar-refractivity contribution in [1.82, 2.24) is 10.2 Å². The van der Waals surface area contributed by atoms with E-state index >= 15 is 0 Å². The minimum absolute atomic E-state index is 0.0806. The minimum Gasteiger partial charge on any atom is -0.478 e. The van der Waals surface area contributed by atoms with Gasteiger partial charge in [0.15, 0.2) is 0 Å². The number of carboxylic acids is 1. The van der Waals surface area contributed by atoms with Crippen molar-refractivity contribution in [2.24, 2.45) is 0 Å². The average molecular weight is 256 g/mol. The number of hydrogen-bond acceptors (Lipinski definition) is 4. The van der Waals surface area contributed by atoms with Crippen LogP contribution >= 0.6 is 0 Å². The number of carboxylic acid groups (broad SMARTS) is 1. The molecule has 0 aromatic heterocycles. The van der Waals surface area contributed by atoms with E-state index in [9.17, 15) is 14.4 Å². The maximum atomic E-state index is 11.7. The molecule has 0 aromatic rings. The van der Waals surface area contributed by atoms with Gasteiger partial charge in [0.25, 0.3) is 5.91 Å². The lowest BCUT2D eigenvalue weighted by Crippen LogP contribution is -2.44. The summed E-state index contributed by atoms with van der Waals surface area (Å²) < 4.78 is 5.37. The van der Waals surface area contributed by atoms with Crippen molar-refractivity contribution >= 4 is 17.9 Å². The molecule has 18 heavy (non-hydrogen) atoms. The smallest absolute Gasteiger partial charge is 0.328 e. The third-order valence-corrected chi connectivity index (χ3v) is 2.35. The zero-order chi connectivity index (χ0) is 13.5. The first kappa shape index (κ1) is 14.2. The molecule has 2 N–H and O–H groups in total. The molecule has 0 aliphatic carbocycles. The normalized spacial score (nSPS) is 20.5. The van der Waals surface area contributed by atoms with E-state index in [4.69, 9.17) is 9.84 Å². The molecule has 100 valence electrons. The molecule has 1 unspecified atom stereocenters. The molecular formula is C11H16N2O5. The second-order valence-electron chi connectivity index (χ2n) is 3.95. The summed E-state index contributed by atoms with van der Waals surface area (Å²) in [6.45, 7) is 3.34. The molecule has 1 fully saturated rings. The summed E-state index contributed by atoms with van der Waals surface area (Å²) in [6, 6.07) is -0.535. The van der Waals surface area contributed by atoms with Crippen molar-refractivity contribution in [1.29, 1.82) is 0 Å². The van der Waals surface area contributed by atoms with Crippen molar-refractivity contribution in [3.8, 4) is 0 Å². The van der Waals surface area contributed by atoms with Crippen LogP contribution in [-0.2, 0) is 14.3 Å². The van der Waals surface area contributed by atoms with Crippen molar-refractivity contribution in [3.05, 3.63) is 12.2 Å². The van der Waals surface area contributed by atoms with E-state index in [-0.39, 0.29) is 6.10 Å². The van der Waals surface area contributed by atoms with Gasteiger partial charge in [-0.1, -0.05) is 0 Å². The maximum Gasteiger partial charge on any atom is 0.328 e. The molecule has 3 amide bonds. The summed E-state index contributed by atoms with van der Waals surface area (Å²) >= 11 is 0. The molecular weight excluding hydrogens is 240 g/mol. The molecule has 7 nitrogen and oxygen atoms in total. The minimum atomic E-state index is -1.24. The van der Waals surface area contributed by atoms with Crippen LogP contribution in [0.2, 0.25) is 0 Å². The predicted molar refractivity (Wildman–Crippen MR) is 61.9 cm³/mol. The number of carbonyl (C=O) groups excluding carboxylic acids is 2. The van der Waals surface area contributed by atoms with Crippen molar-refractivity contribution in [2.75, 3.05) is 19.7 Å². The summed E-state index contributed by atoms with van der Waals surface area (Å²) in [4.78, 5) is 34.6. The number of rotatable bonds is 2. The first-order valence-corrected chi connectivity index (χ1v) is 5.61. The Morgan fingerprint density at radius 2 is 2.11 bits per heavy atom. The largest absolute Gasteiger partial charge is 0.478 e. The molecule has 1 saturated heterocycles. The van der Waals surface area contributed by atoms with Crippen LogP contribution in [0.25, 0.3) is 0 Å². The highest BCUT2D eigenvalue weighted by molar-refractivity contribution is 6.02. The Kier molecular flexibility index (Phi) is 5.31. The van der Waals surface area contributed by atoms with Crippen molar-refractivity contribution in [2.45, 2.75) is 19.4 Å². The highest BCUT2D eigenvalue weighted by atomic mass is 16.5. The Labute approximate surface area is 104 Å². The number of imide groups is 1. The van der Waals surface area contributed by atoms with Crippen LogP contribution in [0.4, 0.5) is 4.79 Å². The van der Waals surface area contributed by atoms with E-state index in [0.29, 0.717) is 32.2 Å². The maximum absolute atomic E-state index is 11.7. The van der Waals surface area contributed by atoms with Crippen LogP contribution in [0.5, 0.6) is 0 Å². The van der Waals surface area contributed by atoms with Gasteiger partial charge < -0.3 is 14.7 Å². The van der Waals surface area contributed by atoms with Gasteiger partial charge >= 0.3 is 12.0 Å². The molecule has 1 atom stereocenters. The Balaban J connectivity index is 2.48. The summed E-state index contributed by atoms with van der Waals surface area (Å²) in [7, 11) is 0. The predicted octanol–water partition coefficient (Wildman–Crippen LogP) is -0.0258. The topological polar surface area (TPSA) is 95.9 Å². The van der Waals surface area contributed by atoms with E-state index in [2.05, 4.69) is 5.32 Å². The lowest BCUT2D eigenvalue weighted by Gasteiger charge is -2.21. The SMILES string of the molecule is CC1CN(C(=O)NC(=O)C=CC(=O)O)CCCO1. The molecule has 1 rings (SSSR count). The Bertz CT molecular complexity index is 366. The quantitative estimate of drug-likeness (QED) is 0.676. The van der Waals surface area contributed by atoms with Gasteiger partial charge in [0.05, 0.1) is 6.10 Å². The lowest BCUT2D eigenvalue weighted by atomic mass is 10.3. The number of urea groups is 1. The van der Waals surface area contributed by atoms with E-state index in [1.54, 1.807) is 0 Å². The Hall–Kier alpha value is -1.89. The summed E-state index contributed by atoms with van der Waals surface area (Å²) in [5, 5.41) is 10.4. The second kappa shape index (κ2) is 6.75. The molecule has 1 aliphatic heterocycles. The van der Waals surface area contributed by atoms with Gasteiger partial charge in [-0.15, -0.1) is 0 Å². The number of nitrogens with one attached hydrogen (secondary N) is 1. The highest BCUT2D eigenvalue weighted by Gasteiger charge is 2.20. The summed E-state index contributed by atoms with van der Waals surface area (Å²) in [6.07, 6.45) is 2.11. The zero-order valence-corrected chi connectivity index (χ0v) is 10.1. The molecule has 1 heterocycles. The number of carbonyl (C=O) groups is 3. The third kappa shape index (κ3) is 4.96. The van der Waals surface area contributed by atoms with Gasteiger partial charge in [-0.2, -0.15) is 0 Å². The molecule has 0 spiro atoms. The summed E-state index contributed by atoms with van der Waals surface area (Å²) in [5.74, 6) is -1.99. The fourth-order valence-electron chi connectivity index (χ4n) is 1.55. The molecule has 7 heteroatoms. The van der Waals surface area contributed by atoms with Crippen LogP contribution in [0.15, 0.2) is 12.2 Å². The number of nitrogens with zero attached hydrogens (tertiary/aromatic N) is 1. The number of hydrogen-bond donors (Lipinski definition) is 2. The van der Waals surface area contributed by atoms with E-state index < -0.39 is 17.9 Å². The van der Waals surface area contributed by atoms with Gasteiger partial charge in [0.2, 0.25) is 0 Å². The van der Waals surface area contributed by atoms with E-state index in [1.807, 2.05) is 6.92 Å². The van der Waals surface area contributed by atoms with Gasteiger partial charge in [0, 0.05) is 31.8 Å². The molecule has 0 aromatic carbocycles. The zero-order valence-electron chi connectivity index (χ0n) is 10.1. The molecule has 0 bridgehead atoms. The standard InChI is InChI=1S/C11H16N2O5/c1-8-7-13(5-2-6-18-8)11(17)12-9(14)3-4-10(15)16/h3-4,8H,2,5-7H2,1H3,(H,15,16)(H,12,14,17). The van der Waals surface area contributed by atoms with E-state index in [1.165, 1.54) is 4.90 Å². The molecule has 0 saturated carbocycles. The van der Waals surface area contributed by atoms with Gasteiger partial charge in [-0.3, -0.25) is 10.1 Å². The Morgan fingerprint density at radius 3 is 2.78 bits per heavy atom. The Morgan fingerprint density at radius 1 is 1.39 bits per heavy atom. The highest BCUT2D eigenvalue weighted by Crippen LogP contribution is 2.05. The van der Waals surface area contributed by atoms with E-state index in [0.717, 1.165) is 6.08 Å². The third-order valence-electron chi connectivity index (χ3n) is 2.35. The molecule has 0 radical (unpaired) electrons. The van der Waals surface area contributed by atoms with Crippen molar-refractivity contribution in [3.63, 3.8) is 0 Å². The van der Waals surface area contributed by atoms with Gasteiger partial charge in [-0.25, -0.2) is 9.59 Å². The average Bonchev–Trinajstić information content (AvgIpc) is 2.51. The number of amides is 3. The second-order valence-corrected chi connectivity index (χ2v) is 3.95. The molecule has 1 aliphatic rings. The number of ether oxygens (including phenoxy) is 1.